The standard InChI is InChI=1S/C11H18N2O/c1-9(6-12-2)4-10-5-11(14-3)8-13-7-10/h5,7-9,12H,4,6H2,1-3H3. The topological polar surface area (TPSA) is 34.2 Å². The Hall–Kier alpha value is -1.09. The van der Waals surface area contributed by atoms with E-state index >= 15 is 0 Å². The SMILES string of the molecule is CNCC(C)Cc1cncc(OC)c1. The number of methoxy groups -OCH3 is 1. The molecule has 1 rings (SSSR count). The van der Waals surface area contributed by atoms with Crippen molar-refractivity contribution in [2.75, 3.05) is 20.7 Å². The number of nitrogens with zero attached hydrogens (tertiary/aromatic N) is 1. The minimum absolute atomic E-state index is 0.619. The van der Waals surface area contributed by atoms with Gasteiger partial charge in [0.15, 0.2) is 0 Å². The lowest BCUT2D eigenvalue weighted by atomic mass is 10.0. The lowest BCUT2D eigenvalue weighted by Crippen LogP contribution is -2.18. The average Bonchev–Trinajstić information content (AvgIpc) is 2.18. The van der Waals surface area contributed by atoms with Gasteiger partial charge in [-0.05, 0) is 37.6 Å². The van der Waals surface area contributed by atoms with E-state index in [0.717, 1.165) is 18.7 Å². The monoisotopic (exact) mass is 194 g/mol. The zero-order chi connectivity index (χ0) is 10.4. The van der Waals surface area contributed by atoms with Crippen LogP contribution in [-0.4, -0.2) is 25.7 Å². The predicted molar refractivity (Wildman–Crippen MR) is 57.6 cm³/mol. The third-order valence-electron chi connectivity index (χ3n) is 2.14. The first-order valence-corrected chi connectivity index (χ1v) is 4.88. The molecule has 1 heterocycles. The molecular formula is C11H18N2O. The Kier molecular flexibility index (Phi) is 4.40. The second-order valence-electron chi connectivity index (χ2n) is 3.60. The summed E-state index contributed by atoms with van der Waals surface area (Å²) >= 11 is 0. The van der Waals surface area contributed by atoms with Crippen LogP contribution in [0.15, 0.2) is 18.5 Å². The lowest BCUT2D eigenvalue weighted by molar-refractivity contribution is 0.411. The van der Waals surface area contributed by atoms with E-state index in [1.165, 1.54) is 5.56 Å². The molecule has 3 nitrogen and oxygen atoms in total. The minimum atomic E-state index is 0.619. The molecule has 1 unspecified atom stereocenters. The number of hydrogen-bond acceptors (Lipinski definition) is 3. The molecule has 0 aliphatic rings. The molecule has 3 heteroatoms. The van der Waals surface area contributed by atoms with E-state index < -0.39 is 0 Å². The third-order valence-corrected chi connectivity index (χ3v) is 2.14. The highest BCUT2D eigenvalue weighted by Crippen LogP contribution is 2.13. The summed E-state index contributed by atoms with van der Waals surface area (Å²) in [5.74, 6) is 1.45. The fraction of sp³-hybridized carbons (Fsp3) is 0.545. The van der Waals surface area contributed by atoms with Crippen molar-refractivity contribution in [2.45, 2.75) is 13.3 Å². The van der Waals surface area contributed by atoms with Gasteiger partial charge in [-0.25, -0.2) is 0 Å². The van der Waals surface area contributed by atoms with Crippen LogP contribution in [0.3, 0.4) is 0 Å². The molecule has 1 aromatic rings. The van der Waals surface area contributed by atoms with Crippen LogP contribution in [0.2, 0.25) is 0 Å². The van der Waals surface area contributed by atoms with Crippen molar-refractivity contribution >= 4 is 0 Å². The second-order valence-corrected chi connectivity index (χ2v) is 3.60. The molecule has 0 radical (unpaired) electrons. The highest BCUT2D eigenvalue weighted by Gasteiger charge is 2.03. The summed E-state index contributed by atoms with van der Waals surface area (Å²) < 4.78 is 5.12. The Morgan fingerprint density at radius 3 is 2.93 bits per heavy atom. The Balaban J connectivity index is 2.57. The van der Waals surface area contributed by atoms with E-state index in [9.17, 15) is 0 Å². The van der Waals surface area contributed by atoms with E-state index in [4.69, 9.17) is 4.74 Å². The maximum Gasteiger partial charge on any atom is 0.137 e. The summed E-state index contributed by atoms with van der Waals surface area (Å²) in [6, 6.07) is 2.04. The van der Waals surface area contributed by atoms with Crippen LogP contribution in [0, 0.1) is 5.92 Å². The zero-order valence-corrected chi connectivity index (χ0v) is 9.08. The van der Waals surface area contributed by atoms with E-state index in [1.54, 1.807) is 13.3 Å². The highest BCUT2D eigenvalue weighted by molar-refractivity contribution is 5.23. The minimum Gasteiger partial charge on any atom is -0.495 e. The predicted octanol–water partition coefficient (Wildman–Crippen LogP) is 1.49. The molecule has 0 amide bonds. The normalized spacial score (nSPS) is 12.5. The summed E-state index contributed by atoms with van der Waals surface area (Å²) in [5, 5.41) is 3.16. The molecule has 0 bridgehead atoms. The molecular weight excluding hydrogens is 176 g/mol. The number of ether oxygens (including phenoxy) is 1. The molecule has 14 heavy (non-hydrogen) atoms. The first-order valence-electron chi connectivity index (χ1n) is 4.88. The van der Waals surface area contributed by atoms with Gasteiger partial charge in [-0.2, -0.15) is 0 Å². The van der Waals surface area contributed by atoms with Gasteiger partial charge in [-0.3, -0.25) is 4.98 Å². The maximum atomic E-state index is 5.12. The molecule has 0 aromatic carbocycles. The van der Waals surface area contributed by atoms with Gasteiger partial charge >= 0.3 is 0 Å². The number of hydrogen-bond donors (Lipinski definition) is 1. The van der Waals surface area contributed by atoms with Gasteiger partial charge in [0, 0.05) is 6.20 Å². The molecule has 1 atom stereocenters. The summed E-state index contributed by atoms with van der Waals surface area (Å²) in [5.41, 5.74) is 1.23. The molecule has 0 saturated heterocycles. The van der Waals surface area contributed by atoms with Crippen molar-refractivity contribution < 1.29 is 4.74 Å². The molecule has 0 spiro atoms. The highest BCUT2D eigenvalue weighted by atomic mass is 16.5. The van der Waals surface area contributed by atoms with E-state index in [0.29, 0.717) is 5.92 Å². The summed E-state index contributed by atoms with van der Waals surface area (Å²) in [6.45, 7) is 3.24. The van der Waals surface area contributed by atoms with Crippen LogP contribution in [-0.2, 0) is 6.42 Å². The molecule has 0 saturated carbocycles. The van der Waals surface area contributed by atoms with Crippen LogP contribution in [0.5, 0.6) is 5.75 Å². The van der Waals surface area contributed by atoms with Crippen LogP contribution < -0.4 is 10.1 Å². The molecule has 1 aromatic heterocycles. The van der Waals surface area contributed by atoms with Crippen molar-refractivity contribution in [3.63, 3.8) is 0 Å². The zero-order valence-electron chi connectivity index (χ0n) is 9.08. The summed E-state index contributed by atoms with van der Waals surface area (Å²) in [4.78, 5) is 4.12. The van der Waals surface area contributed by atoms with Crippen molar-refractivity contribution in [1.29, 1.82) is 0 Å². The first kappa shape index (κ1) is 11.0. The van der Waals surface area contributed by atoms with Gasteiger partial charge in [-0.1, -0.05) is 6.92 Å². The average molecular weight is 194 g/mol. The fourth-order valence-corrected chi connectivity index (χ4v) is 1.51. The quantitative estimate of drug-likeness (QED) is 0.771. The molecule has 0 aliphatic carbocycles. The molecule has 1 N–H and O–H groups in total. The van der Waals surface area contributed by atoms with Crippen molar-refractivity contribution in [1.82, 2.24) is 10.3 Å². The largest absolute Gasteiger partial charge is 0.495 e. The summed E-state index contributed by atoms with van der Waals surface area (Å²) in [6.07, 6.45) is 4.66. The Bertz CT molecular complexity index is 276. The number of aromatic nitrogens is 1. The van der Waals surface area contributed by atoms with Crippen LogP contribution in [0.1, 0.15) is 12.5 Å². The van der Waals surface area contributed by atoms with E-state index in [2.05, 4.69) is 17.2 Å². The Labute approximate surface area is 85.5 Å². The van der Waals surface area contributed by atoms with Gasteiger partial charge in [0.25, 0.3) is 0 Å². The Morgan fingerprint density at radius 1 is 1.50 bits per heavy atom. The molecule has 0 fully saturated rings. The first-order chi connectivity index (χ1) is 6.76. The number of pyridine rings is 1. The van der Waals surface area contributed by atoms with Crippen LogP contribution >= 0.6 is 0 Å². The molecule has 78 valence electrons. The third kappa shape index (κ3) is 3.34. The van der Waals surface area contributed by atoms with Gasteiger partial charge in [0.2, 0.25) is 0 Å². The molecule has 0 aliphatic heterocycles. The van der Waals surface area contributed by atoms with Gasteiger partial charge in [-0.15, -0.1) is 0 Å². The summed E-state index contributed by atoms with van der Waals surface area (Å²) in [7, 11) is 3.64. The number of rotatable bonds is 5. The smallest absolute Gasteiger partial charge is 0.137 e. The Morgan fingerprint density at radius 2 is 2.29 bits per heavy atom. The van der Waals surface area contributed by atoms with Gasteiger partial charge in [0.05, 0.1) is 13.3 Å². The van der Waals surface area contributed by atoms with E-state index in [-0.39, 0.29) is 0 Å². The van der Waals surface area contributed by atoms with Crippen molar-refractivity contribution in [3.05, 3.63) is 24.0 Å². The van der Waals surface area contributed by atoms with Gasteiger partial charge < -0.3 is 10.1 Å². The lowest BCUT2D eigenvalue weighted by Gasteiger charge is -2.10. The van der Waals surface area contributed by atoms with Gasteiger partial charge in [0.1, 0.15) is 5.75 Å². The second kappa shape index (κ2) is 5.60. The van der Waals surface area contributed by atoms with Crippen LogP contribution in [0.4, 0.5) is 0 Å². The van der Waals surface area contributed by atoms with Crippen molar-refractivity contribution in [3.8, 4) is 5.75 Å². The maximum absolute atomic E-state index is 5.12. The fourth-order valence-electron chi connectivity index (χ4n) is 1.51. The van der Waals surface area contributed by atoms with E-state index in [1.807, 2.05) is 19.3 Å². The number of nitrogens with one attached hydrogen (secondary N) is 1. The van der Waals surface area contributed by atoms with Crippen LogP contribution in [0.25, 0.3) is 0 Å². The van der Waals surface area contributed by atoms with Crippen molar-refractivity contribution in [2.24, 2.45) is 5.92 Å².